The highest BCUT2D eigenvalue weighted by Crippen LogP contribution is 2.12. The summed E-state index contributed by atoms with van der Waals surface area (Å²) in [5, 5.41) is -0.270. The Morgan fingerprint density at radius 2 is 2.38 bits per heavy atom. The van der Waals surface area contributed by atoms with E-state index in [9.17, 15) is 4.79 Å². The Kier molecular flexibility index (Phi) is 3.90. The van der Waals surface area contributed by atoms with Gasteiger partial charge >= 0.3 is 0 Å². The Hall–Kier alpha value is -0.890. The lowest BCUT2D eigenvalue weighted by Gasteiger charge is -2.07. The Labute approximate surface area is 82.9 Å². The number of hydrogen-bond acceptors (Lipinski definition) is 2. The topological polar surface area (TPSA) is 30.0 Å². The van der Waals surface area contributed by atoms with Gasteiger partial charge in [-0.1, -0.05) is 13.0 Å². The van der Waals surface area contributed by atoms with Gasteiger partial charge in [0.2, 0.25) is 5.24 Å². The molecule has 70 valence electrons. The minimum absolute atomic E-state index is 0.100. The van der Waals surface area contributed by atoms with Gasteiger partial charge in [0.1, 0.15) is 0 Å². The van der Waals surface area contributed by atoms with Crippen LogP contribution in [0, 0.1) is 5.92 Å². The zero-order valence-electron chi connectivity index (χ0n) is 7.53. The molecule has 0 aliphatic heterocycles. The van der Waals surface area contributed by atoms with Crippen LogP contribution in [0.1, 0.15) is 19.0 Å². The lowest BCUT2D eigenvalue weighted by molar-refractivity contribution is -0.115. The first-order valence-corrected chi connectivity index (χ1v) is 4.71. The molecule has 3 heteroatoms. The Balaban J connectivity index is 2.62. The van der Waals surface area contributed by atoms with Gasteiger partial charge in [-0.15, -0.1) is 0 Å². The summed E-state index contributed by atoms with van der Waals surface area (Å²) in [6, 6.07) is 5.67. The van der Waals surface area contributed by atoms with E-state index in [4.69, 9.17) is 11.6 Å². The largest absolute Gasteiger partial charge is 0.281 e. The van der Waals surface area contributed by atoms with Crippen molar-refractivity contribution in [3.63, 3.8) is 0 Å². The molecule has 1 heterocycles. The second-order valence-corrected chi connectivity index (χ2v) is 3.31. The first-order valence-electron chi connectivity index (χ1n) is 4.33. The van der Waals surface area contributed by atoms with E-state index in [1.54, 1.807) is 6.20 Å². The summed E-state index contributed by atoms with van der Waals surface area (Å²) >= 11 is 5.43. The van der Waals surface area contributed by atoms with Crippen LogP contribution in [0.5, 0.6) is 0 Å². The molecular formula is C10H12ClNO. The van der Waals surface area contributed by atoms with Crippen molar-refractivity contribution in [3.05, 3.63) is 30.1 Å². The summed E-state index contributed by atoms with van der Waals surface area (Å²) < 4.78 is 0. The van der Waals surface area contributed by atoms with Crippen LogP contribution in [-0.2, 0) is 11.2 Å². The molecular weight excluding hydrogens is 186 g/mol. The van der Waals surface area contributed by atoms with E-state index < -0.39 is 0 Å². The predicted octanol–water partition coefficient (Wildman–Crippen LogP) is 2.42. The van der Waals surface area contributed by atoms with Crippen molar-refractivity contribution in [2.75, 3.05) is 0 Å². The number of carbonyl (C=O) groups is 1. The van der Waals surface area contributed by atoms with Crippen molar-refractivity contribution in [1.29, 1.82) is 0 Å². The first-order chi connectivity index (χ1) is 6.24. The number of halogens is 1. The maximum atomic E-state index is 10.9. The molecule has 13 heavy (non-hydrogen) atoms. The van der Waals surface area contributed by atoms with Crippen LogP contribution < -0.4 is 0 Å². The highest BCUT2D eigenvalue weighted by molar-refractivity contribution is 6.63. The summed E-state index contributed by atoms with van der Waals surface area (Å²) in [6.45, 7) is 1.95. The van der Waals surface area contributed by atoms with E-state index in [1.165, 1.54) is 0 Å². The fraction of sp³-hybridized carbons (Fsp3) is 0.400. The van der Waals surface area contributed by atoms with Gasteiger partial charge in [-0.3, -0.25) is 9.78 Å². The summed E-state index contributed by atoms with van der Waals surface area (Å²) in [5.74, 6) is -0.100. The van der Waals surface area contributed by atoms with Gasteiger partial charge < -0.3 is 0 Å². The Bertz CT molecular complexity index is 274. The van der Waals surface area contributed by atoms with E-state index in [-0.39, 0.29) is 11.2 Å². The molecule has 2 nitrogen and oxygen atoms in total. The molecule has 0 fully saturated rings. The summed E-state index contributed by atoms with van der Waals surface area (Å²) in [5.41, 5.74) is 0.920. The second kappa shape index (κ2) is 4.97. The maximum Gasteiger partial charge on any atom is 0.225 e. The molecule has 1 unspecified atom stereocenters. The molecule has 0 bridgehead atoms. The summed E-state index contributed by atoms with van der Waals surface area (Å²) in [4.78, 5) is 15.1. The first kappa shape index (κ1) is 10.2. The van der Waals surface area contributed by atoms with Crippen LogP contribution in [-0.4, -0.2) is 10.2 Å². The highest BCUT2D eigenvalue weighted by Gasteiger charge is 2.14. The molecule has 0 radical (unpaired) electrons. The van der Waals surface area contributed by atoms with Gasteiger partial charge in [-0.25, -0.2) is 0 Å². The lowest BCUT2D eigenvalue weighted by Crippen LogP contribution is -2.11. The van der Waals surface area contributed by atoms with Crippen molar-refractivity contribution in [2.24, 2.45) is 5.92 Å². The molecule has 1 aromatic heterocycles. The monoisotopic (exact) mass is 197 g/mol. The molecule has 1 rings (SSSR count). The second-order valence-electron chi connectivity index (χ2n) is 2.93. The van der Waals surface area contributed by atoms with Crippen molar-refractivity contribution < 1.29 is 4.79 Å². The minimum atomic E-state index is -0.270. The van der Waals surface area contributed by atoms with Crippen LogP contribution >= 0.6 is 11.6 Å². The Morgan fingerprint density at radius 3 is 2.85 bits per heavy atom. The van der Waals surface area contributed by atoms with Gasteiger partial charge in [-0.05, 0) is 30.2 Å². The molecule has 0 N–H and O–H groups in total. The van der Waals surface area contributed by atoms with Gasteiger partial charge in [0, 0.05) is 24.2 Å². The van der Waals surface area contributed by atoms with Crippen LogP contribution in [0.3, 0.4) is 0 Å². The van der Waals surface area contributed by atoms with Crippen molar-refractivity contribution in [1.82, 2.24) is 4.98 Å². The average molecular weight is 198 g/mol. The highest BCUT2D eigenvalue weighted by atomic mass is 35.5. The van der Waals surface area contributed by atoms with Crippen molar-refractivity contribution in [2.45, 2.75) is 19.8 Å². The Morgan fingerprint density at radius 1 is 1.62 bits per heavy atom. The van der Waals surface area contributed by atoms with Crippen LogP contribution in [0.4, 0.5) is 0 Å². The predicted molar refractivity (Wildman–Crippen MR) is 52.6 cm³/mol. The average Bonchev–Trinajstić information content (AvgIpc) is 2.15. The SMILES string of the molecule is CCC(Cc1ccccn1)C(=O)Cl. The number of hydrogen-bond donors (Lipinski definition) is 0. The third-order valence-electron chi connectivity index (χ3n) is 2.00. The molecule has 0 aromatic carbocycles. The fourth-order valence-corrected chi connectivity index (χ4v) is 1.39. The molecule has 0 spiro atoms. The van der Waals surface area contributed by atoms with Crippen LogP contribution in [0.25, 0.3) is 0 Å². The smallest absolute Gasteiger partial charge is 0.225 e. The molecule has 0 saturated heterocycles. The number of rotatable bonds is 4. The van der Waals surface area contributed by atoms with E-state index in [0.717, 1.165) is 12.1 Å². The van der Waals surface area contributed by atoms with Gasteiger partial charge in [-0.2, -0.15) is 0 Å². The van der Waals surface area contributed by atoms with Crippen molar-refractivity contribution >= 4 is 16.8 Å². The molecule has 1 aromatic rings. The molecule has 1 atom stereocenters. The quantitative estimate of drug-likeness (QED) is 0.694. The molecule has 0 aliphatic carbocycles. The number of pyridine rings is 1. The van der Waals surface area contributed by atoms with E-state index >= 15 is 0 Å². The van der Waals surface area contributed by atoms with Crippen LogP contribution in [0.2, 0.25) is 0 Å². The number of nitrogens with zero attached hydrogens (tertiary/aromatic N) is 1. The summed E-state index contributed by atoms with van der Waals surface area (Å²) in [6.07, 6.45) is 3.12. The minimum Gasteiger partial charge on any atom is -0.281 e. The third-order valence-corrected chi connectivity index (χ3v) is 2.30. The zero-order valence-corrected chi connectivity index (χ0v) is 8.29. The molecule has 0 aliphatic rings. The lowest BCUT2D eigenvalue weighted by atomic mass is 10.0. The van der Waals surface area contributed by atoms with Gasteiger partial charge in [0.05, 0.1) is 0 Å². The third kappa shape index (κ3) is 3.15. The molecule has 0 saturated carbocycles. The standard InChI is InChI=1S/C10H12ClNO/c1-2-8(10(11)13)7-9-5-3-4-6-12-9/h3-6,8H,2,7H2,1H3. The molecule has 0 amide bonds. The van der Waals surface area contributed by atoms with E-state index in [2.05, 4.69) is 4.98 Å². The maximum absolute atomic E-state index is 10.9. The fourth-order valence-electron chi connectivity index (χ4n) is 1.16. The number of aromatic nitrogens is 1. The zero-order chi connectivity index (χ0) is 9.68. The van der Waals surface area contributed by atoms with Gasteiger partial charge in [0.15, 0.2) is 0 Å². The van der Waals surface area contributed by atoms with Crippen LogP contribution in [0.15, 0.2) is 24.4 Å². The van der Waals surface area contributed by atoms with E-state index in [0.29, 0.717) is 6.42 Å². The number of carbonyl (C=O) groups excluding carboxylic acids is 1. The van der Waals surface area contributed by atoms with Crippen molar-refractivity contribution in [3.8, 4) is 0 Å². The van der Waals surface area contributed by atoms with E-state index in [1.807, 2.05) is 25.1 Å². The normalized spacial score (nSPS) is 12.5. The summed E-state index contributed by atoms with van der Waals surface area (Å²) in [7, 11) is 0. The van der Waals surface area contributed by atoms with Gasteiger partial charge in [0.25, 0.3) is 0 Å².